The zero-order valence-electron chi connectivity index (χ0n) is 12.3. The summed E-state index contributed by atoms with van der Waals surface area (Å²) in [6.07, 6.45) is 8.50. The second-order valence-electron chi connectivity index (χ2n) is 5.54. The van der Waals surface area contributed by atoms with E-state index in [4.69, 9.17) is 0 Å². The Morgan fingerprint density at radius 1 is 1.38 bits per heavy atom. The van der Waals surface area contributed by atoms with Crippen molar-refractivity contribution in [3.63, 3.8) is 0 Å². The smallest absolute Gasteiger partial charge is 0.241 e. The minimum Gasteiger partial charge on any atom is -0.301 e. The highest BCUT2D eigenvalue weighted by Gasteiger charge is 2.20. The van der Waals surface area contributed by atoms with Crippen LogP contribution in [0.5, 0.6) is 0 Å². The summed E-state index contributed by atoms with van der Waals surface area (Å²) in [5, 5.41) is 3.11. The van der Waals surface area contributed by atoms with Crippen molar-refractivity contribution in [1.29, 1.82) is 0 Å². The lowest BCUT2D eigenvalue weighted by molar-refractivity contribution is -0.113. The summed E-state index contributed by atoms with van der Waals surface area (Å²) in [7, 11) is -3.30. The van der Waals surface area contributed by atoms with Crippen LogP contribution in [0.3, 0.4) is 0 Å². The fourth-order valence-corrected chi connectivity index (χ4v) is 4.90. The van der Waals surface area contributed by atoms with E-state index in [-0.39, 0.29) is 5.75 Å². The van der Waals surface area contributed by atoms with Crippen molar-refractivity contribution in [3.05, 3.63) is 11.1 Å². The summed E-state index contributed by atoms with van der Waals surface area (Å²) >= 11 is 1.47. The number of carbonyl (C=O) groups excluding carboxylic acids is 1. The van der Waals surface area contributed by atoms with Gasteiger partial charge in [0.15, 0.2) is 15.0 Å². The molecule has 1 saturated carbocycles. The Morgan fingerprint density at radius 3 is 2.76 bits per heavy atom. The first-order valence-electron chi connectivity index (χ1n) is 7.46. The van der Waals surface area contributed by atoms with E-state index in [2.05, 4.69) is 10.3 Å². The van der Waals surface area contributed by atoms with Gasteiger partial charge in [0.1, 0.15) is 5.75 Å². The average molecular weight is 330 g/mol. The number of amides is 1. The van der Waals surface area contributed by atoms with Crippen LogP contribution in [0.1, 0.15) is 56.2 Å². The molecule has 0 atom stereocenters. The zero-order valence-corrected chi connectivity index (χ0v) is 13.9. The maximum Gasteiger partial charge on any atom is 0.241 e. The Morgan fingerprint density at radius 2 is 2.10 bits per heavy atom. The highest BCUT2D eigenvalue weighted by atomic mass is 32.2. The molecule has 7 heteroatoms. The third kappa shape index (κ3) is 5.07. The SMILES string of the molecule is CCCS(=O)(=O)CC(=O)Nc1ncc(C2CCCCC2)s1. The average Bonchev–Trinajstić information content (AvgIpc) is 2.87. The summed E-state index contributed by atoms with van der Waals surface area (Å²) in [5.41, 5.74) is 0. The molecule has 2 rings (SSSR count). The lowest BCUT2D eigenvalue weighted by Crippen LogP contribution is -2.24. The van der Waals surface area contributed by atoms with Gasteiger partial charge in [-0.2, -0.15) is 0 Å². The number of anilines is 1. The van der Waals surface area contributed by atoms with Gasteiger partial charge in [-0.1, -0.05) is 26.2 Å². The highest BCUT2D eigenvalue weighted by molar-refractivity contribution is 7.92. The fraction of sp³-hybridized carbons (Fsp3) is 0.714. The Hall–Kier alpha value is -0.950. The van der Waals surface area contributed by atoms with Gasteiger partial charge in [-0.05, 0) is 25.2 Å². The Labute approximate surface area is 130 Å². The number of nitrogens with zero attached hydrogens (tertiary/aromatic N) is 1. The monoisotopic (exact) mass is 330 g/mol. The molecule has 0 aliphatic heterocycles. The standard InChI is InChI=1S/C14H22N2O3S2/c1-2-8-21(18,19)10-13(17)16-14-15-9-12(20-14)11-6-4-3-5-7-11/h9,11H,2-8,10H2,1H3,(H,15,16,17). The number of sulfone groups is 1. The van der Waals surface area contributed by atoms with Crippen molar-refractivity contribution >= 4 is 32.2 Å². The zero-order chi connectivity index (χ0) is 15.3. The molecule has 1 aromatic rings. The summed E-state index contributed by atoms with van der Waals surface area (Å²) < 4.78 is 23.2. The molecule has 0 radical (unpaired) electrons. The van der Waals surface area contributed by atoms with Crippen LogP contribution in [-0.4, -0.2) is 30.8 Å². The topological polar surface area (TPSA) is 76.1 Å². The van der Waals surface area contributed by atoms with Gasteiger partial charge in [-0.25, -0.2) is 13.4 Å². The third-order valence-electron chi connectivity index (χ3n) is 3.64. The van der Waals surface area contributed by atoms with Gasteiger partial charge in [0.05, 0.1) is 5.75 Å². The van der Waals surface area contributed by atoms with E-state index in [1.54, 1.807) is 6.92 Å². The van der Waals surface area contributed by atoms with E-state index in [1.165, 1.54) is 48.3 Å². The predicted octanol–water partition coefficient (Wildman–Crippen LogP) is 2.95. The summed E-state index contributed by atoms with van der Waals surface area (Å²) in [6, 6.07) is 0. The molecule has 1 fully saturated rings. The largest absolute Gasteiger partial charge is 0.301 e. The van der Waals surface area contributed by atoms with E-state index in [9.17, 15) is 13.2 Å². The Balaban J connectivity index is 1.91. The molecule has 1 aromatic heterocycles. The summed E-state index contributed by atoms with van der Waals surface area (Å²) in [4.78, 5) is 17.2. The van der Waals surface area contributed by atoms with E-state index in [0.29, 0.717) is 17.5 Å². The number of nitrogens with one attached hydrogen (secondary N) is 1. The highest BCUT2D eigenvalue weighted by Crippen LogP contribution is 2.36. The Kier molecular flexibility index (Phi) is 5.75. The maximum absolute atomic E-state index is 11.8. The van der Waals surface area contributed by atoms with Gasteiger partial charge >= 0.3 is 0 Å². The number of thiazole rings is 1. The van der Waals surface area contributed by atoms with Crippen molar-refractivity contribution in [2.45, 2.75) is 51.4 Å². The van der Waals surface area contributed by atoms with Gasteiger partial charge in [0, 0.05) is 11.1 Å². The third-order valence-corrected chi connectivity index (χ3v) is 6.45. The normalized spacial score (nSPS) is 16.8. The minimum absolute atomic E-state index is 0.0472. The number of rotatable bonds is 6. The number of aromatic nitrogens is 1. The van der Waals surface area contributed by atoms with Crippen molar-refractivity contribution in [2.24, 2.45) is 0 Å². The number of carbonyl (C=O) groups is 1. The van der Waals surface area contributed by atoms with Crippen LogP contribution in [0.2, 0.25) is 0 Å². The molecule has 5 nitrogen and oxygen atoms in total. The van der Waals surface area contributed by atoms with Crippen LogP contribution >= 0.6 is 11.3 Å². The number of hydrogen-bond donors (Lipinski definition) is 1. The first kappa shape index (κ1) is 16.4. The van der Waals surface area contributed by atoms with Gasteiger partial charge in [-0.15, -0.1) is 11.3 Å². The van der Waals surface area contributed by atoms with Crippen molar-refractivity contribution in [1.82, 2.24) is 4.98 Å². The molecule has 0 bridgehead atoms. The van der Waals surface area contributed by atoms with E-state index in [0.717, 1.165) is 0 Å². The van der Waals surface area contributed by atoms with E-state index < -0.39 is 21.5 Å². The van der Waals surface area contributed by atoms with Crippen LogP contribution in [0.15, 0.2) is 6.20 Å². The minimum atomic E-state index is -3.30. The molecule has 0 unspecified atom stereocenters. The van der Waals surface area contributed by atoms with E-state index in [1.807, 2.05) is 6.20 Å². The number of hydrogen-bond acceptors (Lipinski definition) is 5. The lowest BCUT2D eigenvalue weighted by Gasteiger charge is -2.19. The molecule has 0 spiro atoms. The molecule has 0 saturated heterocycles. The molecule has 118 valence electrons. The second-order valence-corrected chi connectivity index (χ2v) is 8.79. The van der Waals surface area contributed by atoms with Crippen LogP contribution < -0.4 is 5.32 Å². The molecule has 0 aromatic carbocycles. The molecule has 1 heterocycles. The van der Waals surface area contributed by atoms with E-state index >= 15 is 0 Å². The van der Waals surface area contributed by atoms with Crippen molar-refractivity contribution in [3.8, 4) is 0 Å². The Bertz CT molecular complexity index is 575. The molecule has 1 N–H and O–H groups in total. The van der Waals surface area contributed by atoms with Crippen LogP contribution in [0, 0.1) is 0 Å². The lowest BCUT2D eigenvalue weighted by atomic mass is 9.89. The molecule has 1 aliphatic rings. The van der Waals surface area contributed by atoms with Gasteiger partial charge in [-0.3, -0.25) is 4.79 Å². The van der Waals surface area contributed by atoms with Gasteiger partial charge in [0.25, 0.3) is 0 Å². The molecule has 21 heavy (non-hydrogen) atoms. The maximum atomic E-state index is 11.8. The molecule has 1 amide bonds. The van der Waals surface area contributed by atoms with Crippen LogP contribution in [-0.2, 0) is 14.6 Å². The van der Waals surface area contributed by atoms with Crippen molar-refractivity contribution in [2.75, 3.05) is 16.8 Å². The fourth-order valence-electron chi connectivity index (χ4n) is 2.66. The first-order valence-corrected chi connectivity index (χ1v) is 10.1. The van der Waals surface area contributed by atoms with Crippen LogP contribution in [0.25, 0.3) is 0 Å². The summed E-state index contributed by atoms with van der Waals surface area (Å²) in [6.45, 7) is 1.78. The molecular formula is C14H22N2O3S2. The quantitative estimate of drug-likeness (QED) is 0.870. The van der Waals surface area contributed by atoms with Crippen LogP contribution in [0.4, 0.5) is 5.13 Å². The predicted molar refractivity (Wildman–Crippen MR) is 85.5 cm³/mol. The molecule has 1 aliphatic carbocycles. The molecular weight excluding hydrogens is 308 g/mol. The first-order chi connectivity index (χ1) is 10.00. The summed E-state index contributed by atoms with van der Waals surface area (Å²) in [5.74, 6) is -0.358. The second kappa shape index (κ2) is 7.35. The van der Waals surface area contributed by atoms with Crippen molar-refractivity contribution < 1.29 is 13.2 Å². The van der Waals surface area contributed by atoms with Gasteiger partial charge in [0.2, 0.25) is 5.91 Å². The van der Waals surface area contributed by atoms with Gasteiger partial charge < -0.3 is 5.32 Å².